The number of rotatable bonds is 7. The highest BCUT2D eigenvalue weighted by molar-refractivity contribution is 5.85. The number of nitrogens with one attached hydrogen (secondary N) is 2. The number of nitrogens with zero attached hydrogens (tertiary/aromatic N) is 2. The molecule has 0 saturated heterocycles. The zero-order valence-electron chi connectivity index (χ0n) is 15.4. The van der Waals surface area contributed by atoms with Crippen LogP contribution in [0.2, 0.25) is 0 Å². The lowest BCUT2D eigenvalue weighted by Crippen LogP contribution is -2.35. The molecule has 1 aromatic heterocycles. The minimum atomic E-state index is -0.0978. The van der Waals surface area contributed by atoms with Gasteiger partial charge in [-0.25, -0.2) is 0 Å². The molecule has 0 bridgehead atoms. The number of aliphatic imine (C=N–C) groups is 1. The van der Waals surface area contributed by atoms with Gasteiger partial charge in [-0.2, -0.15) is 0 Å². The number of carbonyl (C=O) groups is 1. The van der Waals surface area contributed by atoms with Crippen LogP contribution < -0.4 is 15.6 Å². The lowest BCUT2D eigenvalue weighted by atomic mass is 10.2. The van der Waals surface area contributed by atoms with E-state index in [1.165, 1.54) is 6.07 Å². The summed E-state index contributed by atoms with van der Waals surface area (Å²) in [5, 5.41) is 2.92. The maximum absolute atomic E-state index is 11.9. The Balaban J connectivity index is 1.21. The first-order chi connectivity index (χ1) is 13.7. The molecule has 0 spiro atoms. The second-order valence-electron chi connectivity index (χ2n) is 6.78. The Morgan fingerprint density at radius 2 is 2.14 bits per heavy atom. The minimum absolute atomic E-state index is 0.0175. The molecule has 4 rings (SSSR count). The van der Waals surface area contributed by atoms with Crippen molar-refractivity contribution in [3.8, 4) is 0 Å². The van der Waals surface area contributed by atoms with Crippen molar-refractivity contribution in [3.05, 3.63) is 70.2 Å². The van der Waals surface area contributed by atoms with Gasteiger partial charge in [0, 0.05) is 31.4 Å². The average Bonchev–Trinajstić information content (AvgIpc) is 3.14. The standard InChI is InChI=1S/C21H22N4O3/c26-18-8-9-22-21-20(18)24-13-16-11-17(14-25(16)21)28-10-4-7-19(27)23-12-15-5-2-1-3-6-15/h1-3,5-6,8-9,11,13,16H,4,7,10,12,14H2,(H,22,26)(H,23,27). The summed E-state index contributed by atoms with van der Waals surface area (Å²) in [5.74, 6) is 1.57. The third kappa shape index (κ3) is 3.98. The predicted molar refractivity (Wildman–Crippen MR) is 108 cm³/mol. The van der Waals surface area contributed by atoms with Crippen LogP contribution in [0.25, 0.3) is 0 Å². The topological polar surface area (TPSA) is 86.8 Å². The fraction of sp³-hybridized carbons (Fsp3) is 0.286. The molecule has 28 heavy (non-hydrogen) atoms. The van der Waals surface area contributed by atoms with Crippen molar-refractivity contribution in [2.24, 2.45) is 4.99 Å². The summed E-state index contributed by atoms with van der Waals surface area (Å²) < 4.78 is 5.84. The van der Waals surface area contributed by atoms with Crippen LogP contribution in [0.3, 0.4) is 0 Å². The summed E-state index contributed by atoms with van der Waals surface area (Å²) in [6.07, 6.45) is 6.44. The number of anilines is 1. The maximum atomic E-state index is 11.9. The summed E-state index contributed by atoms with van der Waals surface area (Å²) >= 11 is 0. The van der Waals surface area contributed by atoms with E-state index in [0.717, 1.165) is 17.1 Å². The molecule has 1 unspecified atom stereocenters. The Hall–Kier alpha value is -3.35. The first kappa shape index (κ1) is 18.0. The first-order valence-corrected chi connectivity index (χ1v) is 9.37. The number of amides is 1. The number of hydrogen-bond acceptors (Lipinski definition) is 5. The molecular weight excluding hydrogens is 356 g/mol. The Bertz CT molecular complexity index is 965. The van der Waals surface area contributed by atoms with E-state index < -0.39 is 0 Å². The molecule has 3 heterocycles. The number of benzene rings is 1. The van der Waals surface area contributed by atoms with Gasteiger partial charge in [-0.05, 0) is 18.1 Å². The molecule has 0 aliphatic carbocycles. The zero-order valence-corrected chi connectivity index (χ0v) is 15.4. The number of ether oxygens (including phenoxy) is 1. The molecule has 7 nitrogen and oxygen atoms in total. The number of aromatic amines is 1. The van der Waals surface area contributed by atoms with Gasteiger partial charge in [0.25, 0.3) is 0 Å². The molecule has 0 saturated carbocycles. The molecule has 1 atom stereocenters. The Morgan fingerprint density at radius 1 is 1.29 bits per heavy atom. The lowest BCUT2D eigenvalue weighted by molar-refractivity contribution is -0.121. The van der Waals surface area contributed by atoms with Crippen LogP contribution >= 0.6 is 0 Å². The zero-order chi connectivity index (χ0) is 19.3. The largest absolute Gasteiger partial charge is 0.496 e. The van der Waals surface area contributed by atoms with Crippen molar-refractivity contribution in [1.29, 1.82) is 0 Å². The third-order valence-electron chi connectivity index (χ3n) is 4.77. The van der Waals surface area contributed by atoms with Crippen LogP contribution in [0.5, 0.6) is 0 Å². The number of aromatic nitrogens is 1. The lowest BCUT2D eigenvalue weighted by Gasteiger charge is -2.27. The summed E-state index contributed by atoms with van der Waals surface area (Å²) in [6, 6.07) is 11.3. The summed E-state index contributed by atoms with van der Waals surface area (Å²) in [7, 11) is 0. The SMILES string of the molecule is O=C(CCCOC1=CC2C=Nc3c([nH]ccc3=O)N2C1)NCc1ccccc1. The fourth-order valence-corrected chi connectivity index (χ4v) is 3.33. The molecule has 2 aliphatic rings. The fourth-order valence-electron chi connectivity index (χ4n) is 3.33. The highest BCUT2D eigenvalue weighted by atomic mass is 16.5. The smallest absolute Gasteiger partial charge is 0.220 e. The van der Waals surface area contributed by atoms with Gasteiger partial charge in [0.1, 0.15) is 11.6 Å². The molecule has 0 fully saturated rings. The molecule has 1 amide bonds. The van der Waals surface area contributed by atoms with E-state index in [0.29, 0.717) is 38.2 Å². The minimum Gasteiger partial charge on any atom is -0.496 e. The summed E-state index contributed by atoms with van der Waals surface area (Å²) in [4.78, 5) is 33.3. The van der Waals surface area contributed by atoms with Crippen molar-refractivity contribution >= 4 is 23.6 Å². The van der Waals surface area contributed by atoms with Gasteiger partial charge < -0.3 is 19.9 Å². The van der Waals surface area contributed by atoms with Gasteiger partial charge >= 0.3 is 0 Å². The maximum Gasteiger partial charge on any atom is 0.220 e. The molecule has 2 aromatic rings. The third-order valence-corrected chi connectivity index (χ3v) is 4.77. The molecular formula is C21H22N4O3. The normalized spacial score (nSPS) is 16.9. The highest BCUT2D eigenvalue weighted by Gasteiger charge is 2.30. The number of hydrogen-bond donors (Lipinski definition) is 2. The Morgan fingerprint density at radius 3 is 3.00 bits per heavy atom. The van der Waals surface area contributed by atoms with Crippen molar-refractivity contribution in [1.82, 2.24) is 10.3 Å². The van der Waals surface area contributed by atoms with E-state index >= 15 is 0 Å². The molecule has 144 valence electrons. The quantitative estimate of drug-likeness (QED) is 0.724. The summed E-state index contributed by atoms with van der Waals surface area (Å²) in [5.41, 5.74) is 1.42. The Kier molecular flexibility index (Phi) is 5.23. The molecule has 2 aliphatic heterocycles. The first-order valence-electron chi connectivity index (χ1n) is 9.37. The molecule has 1 aromatic carbocycles. The highest BCUT2D eigenvalue weighted by Crippen LogP contribution is 2.32. The average molecular weight is 378 g/mol. The molecule has 0 radical (unpaired) electrons. The van der Waals surface area contributed by atoms with E-state index in [9.17, 15) is 9.59 Å². The van der Waals surface area contributed by atoms with Crippen molar-refractivity contribution < 1.29 is 9.53 Å². The van der Waals surface area contributed by atoms with Gasteiger partial charge in [-0.1, -0.05) is 30.3 Å². The van der Waals surface area contributed by atoms with Crippen LogP contribution in [-0.2, 0) is 16.1 Å². The van der Waals surface area contributed by atoms with Gasteiger partial charge in [0.2, 0.25) is 11.3 Å². The second kappa shape index (κ2) is 8.12. The van der Waals surface area contributed by atoms with Gasteiger partial charge in [0.15, 0.2) is 5.69 Å². The second-order valence-corrected chi connectivity index (χ2v) is 6.78. The van der Waals surface area contributed by atoms with Crippen molar-refractivity contribution in [2.75, 3.05) is 18.1 Å². The van der Waals surface area contributed by atoms with Crippen LogP contribution in [0.1, 0.15) is 18.4 Å². The molecule has 2 N–H and O–H groups in total. The van der Waals surface area contributed by atoms with Crippen LogP contribution in [0, 0.1) is 0 Å². The van der Waals surface area contributed by atoms with Crippen molar-refractivity contribution in [3.63, 3.8) is 0 Å². The number of carbonyl (C=O) groups excluding carboxylic acids is 1. The van der Waals surface area contributed by atoms with Gasteiger partial charge in [0.05, 0.1) is 19.2 Å². The van der Waals surface area contributed by atoms with Crippen LogP contribution in [0.15, 0.2) is 64.2 Å². The van der Waals surface area contributed by atoms with Crippen molar-refractivity contribution in [2.45, 2.75) is 25.4 Å². The van der Waals surface area contributed by atoms with E-state index in [2.05, 4.69) is 15.3 Å². The summed E-state index contributed by atoms with van der Waals surface area (Å²) in [6.45, 7) is 1.59. The van der Waals surface area contributed by atoms with Crippen LogP contribution in [0.4, 0.5) is 11.5 Å². The monoisotopic (exact) mass is 378 g/mol. The van der Waals surface area contributed by atoms with E-state index in [4.69, 9.17) is 4.74 Å². The predicted octanol–water partition coefficient (Wildman–Crippen LogP) is 2.28. The molecule has 7 heteroatoms. The Labute approximate surface area is 162 Å². The van der Waals surface area contributed by atoms with E-state index in [-0.39, 0.29) is 17.4 Å². The van der Waals surface area contributed by atoms with E-state index in [1.807, 2.05) is 41.3 Å². The van der Waals surface area contributed by atoms with Gasteiger partial charge in [-0.3, -0.25) is 14.6 Å². The number of fused-ring (bicyclic) bond motifs is 3. The van der Waals surface area contributed by atoms with E-state index in [1.54, 1.807) is 12.4 Å². The van der Waals surface area contributed by atoms with Gasteiger partial charge in [-0.15, -0.1) is 0 Å². The van der Waals surface area contributed by atoms with Crippen LogP contribution in [-0.4, -0.2) is 36.3 Å². The number of H-pyrrole nitrogens is 1. The number of pyridine rings is 1.